The Hall–Kier alpha value is -0.170. The molecule has 0 rings (SSSR count). The molecule has 0 spiro atoms. The molecule has 0 bridgehead atoms. The Morgan fingerprint density at radius 1 is 1.38 bits per heavy atom. The lowest BCUT2D eigenvalue weighted by Crippen LogP contribution is -2.49. The van der Waals surface area contributed by atoms with E-state index in [1.807, 2.05) is 0 Å². The highest BCUT2D eigenvalue weighted by molar-refractivity contribution is 9.09. The number of hydrogen-bond acceptors (Lipinski definition) is 5. The number of carbonyl (C=O) groups excluding carboxylic acids is 1. The van der Waals surface area contributed by atoms with E-state index in [0.29, 0.717) is 13.2 Å². The molecule has 0 aliphatic rings. The predicted octanol–water partition coefficient (Wildman–Crippen LogP) is 1.92. The summed E-state index contributed by atoms with van der Waals surface area (Å²) in [5.74, 6) is -1.31. The molecule has 0 amide bonds. The second kappa shape index (κ2) is 8.00. The van der Waals surface area contributed by atoms with Crippen LogP contribution in [-0.4, -0.2) is 42.4 Å². The van der Waals surface area contributed by atoms with Gasteiger partial charge in [-0.1, -0.05) is 21.1 Å². The largest absolute Gasteiger partial charge is 0.399 e. The molecular formula is C9H15BrClNO4. The summed E-state index contributed by atoms with van der Waals surface area (Å²) >= 11 is 8.64. The monoisotopic (exact) mass is 315 g/mol. The molecule has 7 heteroatoms. The second-order valence-electron chi connectivity index (χ2n) is 2.65. The van der Waals surface area contributed by atoms with Crippen LogP contribution < -0.4 is 0 Å². The Labute approximate surface area is 108 Å². The summed E-state index contributed by atoms with van der Waals surface area (Å²) in [5.41, 5.74) is -0.114. The van der Waals surface area contributed by atoms with E-state index >= 15 is 0 Å². The van der Waals surface area contributed by atoms with Crippen LogP contribution in [0.3, 0.4) is 0 Å². The van der Waals surface area contributed by atoms with Crippen molar-refractivity contribution < 1.29 is 19.1 Å². The number of rotatable bonds is 8. The zero-order chi connectivity index (χ0) is 12.6. The maximum atomic E-state index is 11.3. The van der Waals surface area contributed by atoms with Gasteiger partial charge in [-0.25, -0.2) is 0 Å². The molecular weight excluding hydrogens is 301 g/mol. The van der Waals surface area contributed by atoms with Crippen molar-refractivity contribution in [1.29, 1.82) is 0 Å². The van der Waals surface area contributed by atoms with Crippen LogP contribution in [0.2, 0.25) is 0 Å². The number of oxime groups is 1. The lowest BCUT2D eigenvalue weighted by atomic mass is 10.2. The minimum atomic E-state index is -1.31. The normalized spacial score (nSPS) is 12.7. The van der Waals surface area contributed by atoms with Gasteiger partial charge in [-0.15, -0.1) is 0 Å². The highest BCUT2D eigenvalue weighted by atomic mass is 79.9. The van der Waals surface area contributed by atoms with E-state index in [-0.39, 0.29) is 11.0 Å². The van der Waals surface area contributed by atoms with Gasteiger partial charge in [0.15, 0.2) is 5.71 Å². The van der Waals surface area contributed by atoms with Crippen LogP contribution in [0.4, 0.5) is 0 Å². The van der Waals surface area contributed by atoms with Crippen molar-refractivity contribution in [3.63, 3.8) is 0 Å². The number of alkyl halides is 1. The molecule has 16 heavy (non-hydrogen) atoms. The maximum absolute atomic E-state index is 11.3. The standard InChI is InChI=1S/C9H15BrClNO4/c1-4-15-9(6-10,16-5-2)7(8(11)13)12-14-3/h4-6H2,1-3H3. The molecule has 0 aromatic heterocycles. The fraction of sp³-hybridized carbons (Fsp3) is 0.778. The average Bonchev–Trinajstić information content (AvgIpc) is 2.25. The molecule has 0 fully saturated rings. The number of nitrogens with zero attached hydrogens (tertiary/aromatic N) is 1. The van der Waals surface area contributed by atoms with Crippen LogP contribution in [-0.2, 0) is 19.1 Å². The van der Waals surface area contributed by atoms with E-state index in [1.54, 1.807) is 13.8 Å². The van der Waals surface area contributed by atoms with E-state index in [2.05, 4.69) is 25.9 Å². The first-order valence-corrected chi connectivity index (χ1v) is 6.23. The molecule has 0 N–H and O–H groups in total. The number of carbonyl (C=O) groups is 1. The predicted molar refractivity (Wildman–Crippen MR) is 65.1 cm³/mol. The van der Waals surface area contributed by atoms with Gasteiger partial charge in [-0.05, 0) is 25.4 Å². The summed E-state index contributed by atoms with van der Waals surface area (Å²) in [6.45, 7) is 4.25. The van der Waals surface area contributed by atoms with Gasteiger partial charge in [-0.3, -0.25) is 4.79 Å². The minimum absolute atomic E-state index is 0.114. The average molecular weight is 317 g/mol. The third-order valence-corrected chi connectivity index (χ3v) is 2.58. The Balaban J connectivity index is 5.23. The topological polar surface area (TPSA) is 57.1 Å². The Kier molecular flexibility index (Phi) is 7.91. The van der Waals surface area contributed by atoms with Crippen molar-refractivity contribution in [2.24, 2.45) is 5.16 Å². The Bertz CT molecular complexity index is 254. The van der Waals surface area contributed by atoms with E-state index in [9.17, 15) is 4.79 Å². The van der Waals surface area contributed by atoms with Gasteiger partial charge in [0.05, 0.1) is 5.33 Å². The summed E-state index contributed by atoms with van der Waals surface area (Å²) < 4.78 is 10.8. The number of hydrogen-bond donors (Lipinski definition) is 0. The van der Waals surface area contributed by atoms with E-state index in [1.165, 1.54) is 7.11 Å². The fourth-order valence-corrected chi connectivity index (χ4v) is 1.90. The van der Waals surface area contributed by atoms with Crippen LogP contribution in [0.1, 0.15) is 13.8 Å². The highest BCUT2D eigenvalue weighted by Gasteiger charge is 2.41. The summed E-state index contributed by atoms with van der Waals surface area (Å²) in [5, 5.41) is 3.01. The van der Waals surface area contributed by atoms with E-state index < -0.39 is 11.0 Å². The summed E-state index contributed by atoms with van der Waals surface area (Å²) in [6.07, 6.45) is 0. The molecule has 5 nitrogen and oxygen atoms in total. The molecule has 0 heterocycles. The van der Waals surface area contributed by atoms with Gasteiger partial charge in [0.25, 0.3) is 5.24 Å². The van der Waals surface area contributed by atoms with Crippen molar-refractivity contribution in [3.8, 4) is 0 Å². The Morgan fingerprint density at radius 3 is 2.12 bits per heavy atom. The van der Waals surface area contributed by atoms with Gasteiger partial charge in [0.1, 0.15) is 7.11 Å². The first-order valence-electron chi connectivity index (χ1n) is 4.73. The molecule has 0 aliphatic heterocycles. The molecule has 0 aromatic rings. The maximum Gasteiger partial charge on any atom is 0.275 e. The lowest BCUT2D eigenvalue weighted by molar-refractivity contribution is -0.169. The molecule has 0 radical (unpaired) electrons. The van der Waals surface area contributed by atoms with Crippen molar-refractivity contribution in [2.75, 3.05) is 25.7 Å². The second-order valence-corrected chi connectivity index (χ2v) is 3.55. The summed E-state index contributed by atoms with van der Waals surface area (Å²) in [6, 6.07) is 0. The summed E-state index contributed by atoms with van der Waals surface area (Å²) in [4.78, 5) is 15.8. The van der Waals surface area contributed by atoms with Crippen LogP contribution >= 0.6 is 27.5 Å². The Morgan fingerprint density at radius 2 is 1.88 bits per heavy atom. The van der Waals surface area contributed by atoms with Crippen molar-refractivity contribution in [1.82, 2.24) is 0 Å². The van der Waals surface area contributed by atoms with Gasteiger partial charge in [0.2, 0.25) is 5.79 Å². The van der Waals surface area contributed by atoms with Gasteiger partial charge >= 0.3 is 0 Å². The first kappa shape index (κ1) is 15.8. The zero-order valence-electron chi connectivity index (χ0n) is 9.46. The van der Waals surface area contributed by atoms with Crippen LogP contribution in [0, 0.1) is 0 Å². The summed E-state index contributed by atoms with van der Waals surface area (Å²) in [7, 11) is 1.32. The molecule has 0 unspecified atom stereocenters. The van der Waals surface area contributed by atoms with Crippen LogP contribution in [0.5, 0.6) is 0 Å². The molecule has 94 valence electrons. The van der Waals surface area contributed by atoms with Crippen molar-refractivity contribution in [3.05, 3.63) is 0 Å². The highest BCUT2D eigenvalue weighted by Crippen LogP contribution is 2.21. The van der Waals surface area contributed by atoms with Crippen LogP contribution in [0.25, 0.3) is 0 Å². The van der Waals surface area contributed by atoms with Crippen molar-refractivity contribution in [2.45, 2.75) is 19.6 Å². The molecule has 0 atom stereocenters. The quantitative estimate of drug-likeness (QED) is 0.226. The molecule has 0 saturated heterocycles. The smallest absolute Gasteiger partial charge is 0.275 e. The molecule has 0 aliphatic carbocycles. The van der Waals surface area contributed by atoms with Crippen molar-refractivity contribution >= 4 is 38.5 Å². The fourth-order valence-electron chi connectivity index (χ4n) is 1.13. The SMILES string of the molecule is CCOC(CBr)(OCC)C(=NOC)C(=O)Cl. The van der Waals surface area contributed by atoms with Gasteiger partial charge in [-0.2, -0.15) is 0 Å². The first-order chi connectivity index (χ1) is 7.57. The third-order valence-electron chi connectivity index (χ3n) is 1.66. The minimum Gasteiger partial charge on any atom is -0.399 e. The molecule has 0 saturated carbocycles. The van der Waals surface area contributed by atoms with E-state index in [0.717, 1.165) is 0 Å². The van der Waals surface area contributed by atoms with Gasteiger partial charge < -0.3 is 14.3 Å². The van der Waals surface area contributed by atoms with Crippen LogP contribution in [0.15, 0.2) is 5.16 Å². The lowest BCUT2D eigenvalue weighted by Gasteiger charge is -2.30. The number of halogens is 2. The van der Waals surface area contributed by atoms with Gasteiger partial charge in [0, 0.05) is 13.2 Å². The zero-order valence-corrected chi connectivity index (χ0v) is 11.8. The van der Waals surface area contributed by atoms with E-state index in [4.69, 9.17) is 21.1 Å². The number of ether oxygens (including phenoxy) is 2. The third kappa shape index (κ3) is 4.01. The molecule has 0 aromatic carbocycles.